The van der Waals surface area contributed by atoms with Gasteiger partial charge in [-0.1, -0.05) is 39.5 Å². The molecule has 3 nitrogen and oxygen atoms in total. The van der Waals surface area contributed by atoms with E-state index in [0.29, 0.717) is 0 Å². The molecule has 0 radical (unpaired) electrons. The normalized spacial score (nSPS) is 11.2. The smallest absolute Gasteiger partial charge is 0.251 e. The van der Waals surface area contributed by atoms with Crippen LogP contribution >= 0.6 is 15.9 Å². The zero-order chi connectivity index (χ0) is 17.5. The van der Waals surface area contributed by atoms with Crippen LogP contribution in [-0.2, 0) is 12.8 Å². The Labute approximate surface area is 152 Å². The highest BCUT2D eigenvalue weighted by atomic mass is 79.9. The summed E-state index contributed by atoms with van der Waals surface area (Å²) in [6.07, 6.45) is 8.71. The molecule has 0 amide bonds. The molecular weight excluding hydrogens is 366 g/mol. The number of unbranched alkanes of at least 4 members (excludes halogenated alkanes) is 4. The van der Waals surface area contributed by atoms with Crippen molar-refractivity contribution in [3.05, 3.63) is 38.1 Å². The van der Waals surface area contributed by atoms with Gasteiger partial charge in [0.05, 0.1) is 11.6 Å². The Bertz CT molecular complexity index is 736. The van der Waals surface area contributed by atoms with Crippen LogP contribution in [0.15, 0.2) is 21.4 Å². The summed E-state index contributed by atoms with van der Waals surface area (Å²) in [6, 6.07) is 4.01. The lowest BCUT2D eigenvalue weighted by Gasteiger charge is -2.14. The van der Waals surface area contributed by atoms with Gasteiger partial charge in [0.25, 0.3) is 5.56 Å². The predicted octanol–water partition coefficient (Wildman–Crippen LogP) is 5.76. The van der Waals surface area contributed by atoms with Crippen molar-refractivity contribution >= 4 is 26.8 Å². The molecule has 0 unspecified atom stereocenters. The quantitative estimate of drug-likeness (QED) is 0.549. The van der Waals surface area contributed by atoms with Gasteiger partial charge >= 0.3 is 0 Å². The van der Waals surface area contributed by atoms with Crippen molar-refractivity contribution in [2.45, 2.75) is 65.2 Å². The molecule has 1 N–H and O–H groups in total. The van der Waals surface area contributed by atoms with E-state index >= 15 is 0 Å². The van der Waals surface area contributed by atoms with Gasteiger partial charge in [-0.15, -0.1) is 0 Å². The van der Waals surface area contributed by atoms with E-state index in [1.54, 1.807) is 7.11 Å². The third-order valence-corrected chi connectivity index (χ3v) is 5.18. The Kier molecular flexibility index (Phi) is 7.35. The molecule has 24 heavy (non-hydrogen) atoms. The highest BCUT2D eigenvalue weighted by Crippen LogP contribution is 2.32. The number of nitrogens with one attached hydrogen (secondary N) is 1. The van der Waals surface area contributed by atoms with Gasteiger partial charge in [0.1, 0.15) is 5.75 Å². The lowest BCUT2D eigenvalue weighted by molar-refractivity contribution is 0.412. The van der Waals surface area contributed by atoms with Gasteiger partial charge in [0.2, 0.25) is 0 Å². The van der Waals surface area contributed by atoms with Crippen molar-refractivity contribution in [3.8, 4) is 5.75 Å². The van der Waals surface area contributed by atoms with E-state index in [4.69, 9.17) is 4.74 Å². The number of rotatable bonds is 9. The van der Waals surface area contributed by atoms with Crippen LogP contribution in [0.3, 0.4) is 0 Å². The van der Waals surface area contributed by atoms with Gasteiger partial charge in [0.15, 0.2) is 0 Å². The minimum absolute atomic E-state index is 0.0715. The molecule has 0 aliphatic heterocycles. The van der Waals surface area contributed by atoms with E-state index in [2.05, 4.69) is 40.8 Å². The summed E-state index contributed by atoms with van der Waals surface area (Å²) in [5.41, 5.74) is 3.14. The third kappa shape index (κ3) is 4.41. The zero-order valence-electron chi connectivity index (χ0n) is 15.0. The predicted molar refractivity (Wildman–Crippen MR) is 105 cm³/mol. The van der Waals surface area contributed by atoms with Crippen molar-refractivity contribution in [2.75, 3.05) is 7.11 Å². The summed E-state index contributed by atoms with van der Waals surface area (Å²) in [6.45, 7) is 4.40. The Balaban J connectivity index is 2.55. The molecule has 1 aromatic carbocycles. The second kappa shape index (κ2) is 9.26. The summed E-state index contributed by atoms with van der Waals surface area (Å²) in [4.78, 5) is 15.7. The molecule has 0 atom stereocenters. The van der Waals surface area contributed by atoms with Crippen LogP contribution in [0.4, 0.5) is 0 Å². The maximum absolute atomic E-state index is 12.6. The average molecular weight is 394 g/mol. The molecule has 0 spiro atoms. The summed E-state index contributed by atoms with van der Waals surface area (Å²) >= 11 is 3.51. The van der Waals surface area contributed by atoms with Gasteiger partial charge in [-0.2, -0.15) is 0 Å². The number of halogens is 1. The molecule has 2 aromatic rings. The van der Waals surface area contributed by atoms with Gasteiger partial charge in [0, 0.05) is 16.5 Å². The number of benzene rings is 1. The van der Waals surface area contributed by atoms with Crippen molar-refractivity contribution in [2.24, 2.45) is 0 Å². The van der Waals surface area contributed by atoms with E-state index in [1.165, 1.54) is 18.4 Å². The summed E-state index contributed by atoms with van der Waals surface area (Å²) in [7, 11) is 1.68. The number of aromatic nitrogens is 1. The number of aromatic amines is 1. The summed E-state index contributed by atoms with van der Waals surface area (Å²) in [5.74, 6) is 0.811. The monoisotopic (exact) mass is 393 g/mol. The van der Waals surface area contributed by atoms with Crippen LogP contribution in [-0.4, -0.2) is 12.1 Å². The Morgan fingerprint density at radius 1 is 1.00 bits per heavy atom. The number of fused-ring (bicyclic) bond motifs is 1. The molecule has 0 bridgehead atoms. The highest BCUT2D eigenvalue weighted by molar-refractivity contribution is 9.10. The molecule has 2 rings (SSSR count). The summed E-state index contributed by atoms with van der Waals surface area (Å²) in [5, 5.41) is 1.12. The number of ether oxygens (including phenoxy) is 1. The largest absolute Gasteiger partial charge is 0.496 e. The first-order chi connectivity index (χ1) is 11.6. The van der Waals surface area contributed by atoms with E-state index in [-0.39, 0.29) is 5.56 Å². The van der Waals surface area contributed by atoms with Crippen molar-refractivity contribution in [1.29, 1.82) is 0 Å². The fourth-order valence-electron chi connectivity index (χ4n) is 3.21. The van der Waals surface area contributed by atoms with E-state index in [0.717, 1.165) is 65.2 Å². The number of aryl methyl sites for hydroxylation is 1. The minimum Gasteiger partial charge on any atom is -0.496 e. The lowest BCUT2D eigenvalue weighted by atomic mass is 9.94. The van der Waals surface area contributed by atoms with Crippen LogP contribution < -0.4 is 10.3 Å². The van der Waals surface area contributed by atoms with Gasteiger partial charge in [-0.3, -0.25) is 4.79 Å². The van der Waals surface area contributed by atoms with E-state index < -0.39 is 0 Å². The maximum atomic E-state index is 12.6. The van der Waals surface area contributed by atoms with E-state index in [9.17, 15) is 4.79 Å². The summed E-state index contributed by atoms with van der Waals surface area (Å²) < 4.78 is 6.33. The van der Waals surface area contributed by atoms with Crippen LogP contribution in [0.5, 0.6) is 5.75 Å². The fraction of sp³-hybridized carbons (Fsp3) is 0.550. The minimum atomic E-state index is 0.0715. The molecule has 0 saturated carbocycles. The Morgan fingerprint density at radius 3 is 2.21 bits per heavy atom. The fourth-order valence-corrected chi connectivity index (χ4v) is 3.72. The second-order valence-electron chi connectivity index (χ2n) is 6.36. The van der Waals surface area contributed by atoms with Crippen molar-refractivity contribution < 1.29 is 4.74 Å². The van der Waals surface area contributed by atoms with Crippen LogP contribution in [0.25, 0.3) is 10.9 Å². The van der Waals surface area contributed by atoms with Crippen molar-refractivity contribution in [3.63, 3.8) is 0 Å². The first kappa shape index (κ1) is 19.0. The second-order valence-corrected chi connectivity index (χ2v) is 7.21. The van der Waals surface area contributed by atoms with Crippen LogP contribution in [0.1, 0.15) is 63.5 Å². The van der Waals surface area contributed by atoms with Gasteiger partial charge < -0.3 is 9.72 Å². The van der Waals surface area contributed by atoms with E-state index in [1.807, 2.05) is 6.07 Å². The first-order valence-corrected chi connectivity index (χ1v) is 9.82. The number of hydrogen-bond donors (Lipinski definition) is 1. The molecule has 0 aliphatic carbocycles. The molecule has 0 fully saturated rings. The number of pyridine rings is 1. The SMILES string of the molecule is CCCCCc1c(CCCCC)c2cc(OC)c(Br)cc2[nH]c1=O. The number of hydrogen-bond acceptors (Lipinski definition) is 2. The average Bonchev–Trinajstić information content (AvgIpc) is 2.56. The molecule has 0 saturated heterocycles. The molecular formula is C20H28BrNO2. The first-order valence-electron chi connectivity index (χ1n) is 9.03. The van der Waals surface area contributed by atoms with Crippen molar-refractivity contribution in [1.82, 2.24) is 4.98 Å². The molecule has 1 aromatic heterocycles. The standard InChI is InChI=1S/C20H28BrNO2/c1-4-6-8-10-14-15(11-9-7-5-2)20(23)22-18-13-17(21)19(24-3)12-16(14)18/h12-13H,4-11H2,1-3H3,(H,22,23). The van der Waals surface area contributed by atoms with Crippen LogP contribution in [0, 0.1) is 0 Å². The molecule has 4 heteroatoms. The molecule has 132 valence electrons. The highest BCUT2D eigenvalue weighted by Gasteiger charge is 2.14. The maximum Gasteiger partial charge on any atom is 0.251 e. The topological polar surface area (TPSA) is 42.1 Å². The Morgan fingerprint density at radius 2 is 1.62 bits per heavy atom. The number of H-pyrrole nitrogens is 1. The lowest BCUT2D eigenvalue weighted by Crippen LogP contribution is -2.16. The molecule has 0 aliphatic rings. The van der Waals surface area contributed by atoms with Gasteiger partial charge in [-0.05, 0) is 59.3 Å². The van der Waals surface area contributed by atoms with Crippen LogP contribution in [0.2, 0.25) is 0 Å². The Hall–Kier alpha value is -1.29. The van der Waals surface area contributed by atoms with Gasteiger partial charge in [-0.25, -0.2) is 0 Å². The third-order valence-electron chi connectivity index (χ3n) is 4.56. The molecule has 1 heterocycles. The zero-order valence-corrected chi connectivity index (χ0v) is 16.6. The number of methoxy groups -OCH3 is 1.